The zero-order valence-electron chi connectivity index (χ0n) is 13.5. The van der Waals surface area contributed by atoms with Crippen LogP contribution in [0, 0.1) is 0 Å². The predicted molar refractivity (Wildman–Crippen MR) is 98.6 cm³/mol. The largest absolute Gasteiger partial charge is 0.326 e. The SMILES string of the molecule is CC(=O)Nc1ccc(NC(=O)c2ccc(NS(C)(=O)=O)cc2Cl)cc1. The van der Waals surface area contributed by atoms with Crippen LogP contribution >= 0.6 is 11.6 Å². The molecule has 0 spiro atoms. The maximum absolute atomic E-state index is 12.3. The van der Waals surface area contributed by atoms with Gasteiger partial charge in [-0.3, -0.25) is 14.3 Å². The van der Waals surface area contributed by atoms with E-state index in [9.17, 15) is 18.0 Å². The molecular weight excluding hydrogens is 366 g/mol. The summed E-state index contributed by atoms with van der Waals surface area (Å²) in [5, 5.41) is 5.41. The molecule has 2 rings (SSSR count). The minimum Gasteiger partial charge on any atom is -0.326 e. The van der Waals surface area contributed by atoms with E-state index < -0.39 is 15.9 Å². The van der Waals surface area contributed by atoms with Gasteiger partial charge in [0.05, 0.1) is 16.8 Å². The fourth-order valence-electron chi connectivity index (χ4n) is 2.02. The molecule has 7 nitrogen and oxygen atoms in total. The van der Waals surface area contributed by atoms with Crippen LogP contribution in [0.5, 0.6) is 0 Å². The molecule has 0 fully saturated rings. The summed E-state index contributed by atoms with van der Waals surface area (Å²) in [4.78, 5) is 23.3. The quantitative estimate of drug-likeness (QED) is 0.740. The number of sulfonamides is 1. The number of nitrogens with one attached hydrogen (secondary N) is 3. The summed E-state index contributed by atoms with van der Waals surface area (Å²) in [5.41, 5.74) is 1.60. The Labute approximate surface area is 150 Å². The first kappa shape index (κ1) is 18.8. The first-order chi connectivity index (χ1) is 11.6. The molecule has 0 atom stereocenters. The van der Waals surface area contributed by atoms with Gasteiger partial charge in [-0.25, -0.2) is 8.42 Å². The van der Waals surface area contributed by atoms with E-state index in [2.05, 4.69) is 15.4 Å². The van der Waals surface area contributed by atoms with E-state index in [1.807, 2.05) is 0 Å². The minimum absolute atomic E-state index is 0.112. The van der Waals surface area contributed by atoms with Crippen LogP contribution < -0.4 is 15.4 Å². The molecule has 0 aromatic heterocycles. The van der Waals surface area contributed by atoms with Crippen LogP contribution in [0.1, 0.15) is 17.3 Å². The summed E-state index contributed by atoms with van der Waals surface area (Å²) in [6, 6.07) is 10.8. The van der Waals surface area contributed by atoms with E-state index in [0.29, 0.717) is 11.4 Å². The Balaban J connectivity index is 2.11. The molecule has 3 N–H and O–H groups in total. The highest BCUT2D eigenvalue weighted by atomic mass is 35.5. The smallest absolute Gasteiger partial charge is 0.257 e. The van der Waals surface area contributed by atoms with E-state index in [-0.39, 0.29) is 22.2 Å². The zero-order valence-corrected chi connectivity index (χ0v) is 15.0. The lowest BCUT2D eigenvalue weighted by molar-refractivity contribution is -0.114. The molecule has 0 unspecified atom stereocenters. The molecule has 2 amide bonds. The predicted octanol–water partition coefficient (Wildman–Crippen LogP) is 2.92. The molecule has 0 saturated carbocycles. The molecular formula is C16H16ClN3O4S. The summed E-state index contributed by atoms with van der Waals surface area (Å²) >= 11 is 6.06. The Bertz CT molecular complexity index is 911. The second-order valence-corrected chi connectivity index (χ2v) is 7.44. The Hall–Kier alpha value is -2.58. The van der Waals surface area contributed by atoms with Crippen LogP contribution in [0.2, 0.25) is 5.02 Å². The van der Waals surface area contributed by atoms with Crippen molar-refractivity contribution in [3.05, 3.63) is 53.1 Å². The summed E-state index contributed by atoms with van der Waals surface area (Å²) in [6.45, 7) is 1.40. The van der Waals surface area contributed by atoms with E-state index >= 15 is 0 Å². The van der Waals surface area contributed by atoms with Crippen LogP contribution in [0.25, 0.3) is 0 Å². The number of rotatable bonds is 5. The number of benzene rings is 2. The summed E-state index contributed by atoms with van der Waals surface area (Å²) in [5.74, 6) is -0.630. The molecule has 9 heteroatoms. The van der Waals surface area contributed by atoms with Crippen LogP contribution in [-0.4, -0.2) is 26.5 Å². The van der Waals surface area contributed by atoms with Crippen molar-refractivity contribution in [3.8, 4) is 0 Å². The standard InChI is InChI=1S/C16H16ClN3O4S/c1-10(21)18-11-3-5-12(6-4-11)19-16(22)14-8-7-13(9-15(14)17)20-25(2,23)24/h3-9,20H,1-2H3,(H,18,21)(H,19,22). The molecule has 2 aromatic rings. The van der Waals surface area contributed by atoms with Gasteiger partial charge in [0.2, 0.25) is 15.9 Å². The lowest BCUT2D eigenvalue weighted by Crippen LogP contribution is -2.14. The highest BCUT2D eigenvalue weighted by Crippen LogP contribution is 2.23. The van der Waals surface area contributed by atoms with Crippen LogP contribution in [-0.2, 0) is 14.8 Å². The fraction of sp³-hybridized carbons (Fsp3) is 0.125. The molecule has 0 bridgehead atoms. The summed E-state index contributed by atoms with van der Waals surface area (Å²) in [7, 11) is -3.43. The first-order valence-electron chi connectivity index (χ1n) is 7.10. The average Bonchev–Trinajstić information content (AvgIpc) is 2.47. The molecule has 0 aliphatic heterocycles. The van der Waals surface area contributed by atoms with E-state index in [0.717, 1.165) is 6.26 Å². The molecule has 0 aliphatic rings. The van der Waals surface area contributed by atoms with Crippen molar-refractivity contribution in [3.63, 3.8) is 0 Å². The number of carbonyl (C=O) groups is 2. The van der Waals surface area contributed by atoms with Gasteiger partial charge in [-0.1, -0.05) is 11.6 Å². The second kappa shape index (κ2) is 7.54. The zero-order chi connectivity index (χ0) is 18.6. The number of anilines is 3. The van der Waals surface area contributed by atoms with E-state index in [4.69, 9.17) is 11.6 Å². The summed E-state index contributed by atoms with van der Waals surface area (Å²) in [6.07, 6.45) is 1.02. The normalized spacial score (nSPS) is 10.8. The van der Waals surface area contributed by atoms with Gasteiger partial charge >= 0.3 is 0 Å². The highest BCUT2D eigenvalue weighted by molar-refractivity contribution is 7.92. The van der Waals surface area contributed by atoms with Crippen molar-refractivity contribution in [1.29, 1.82) is 0 Å². The number of carbonyl (C=O) groups excluding carboxylic acids is 2. The third kappa shape index (κ3) is 5.77. The van der Waals surface area contributed by atoms with Gasteiger partial charge in [0.15, 0.2) is 0 Å². The summed E-state index contributed by atoms with van der Waals surface area (Å²) < 4.78 is 24.7. The molecule has 0 heterocycles. The van der Waals surface area contributed by atoms with Gasteiger partial charge in [-0.2, -0.15) is 0 Å². The molecule has 0 aliphatic carbocycles. The van der Waals surface area contributed by atoms with Gasteiger partial charge < -0.3 is 10.6 Å². The van der Waals surface area contributed by atoms with Crippen LogP contribution in [0.15, 0.2) is 42.5 Å². The van der Waals surface area contributed by atoms with Crippen LogP contribution in [0.3, 0.4) is 0 Å². The maximum Gasteiger partial charge on any atom is 0.257 e. The monoisotopic (exact) mass is 381 g/mol. The number of hydrogen-bond acceptors (Lipinski definition) is 4. The van der Waals surface area contributed by atoms with Crippen molar-refractivity contribution >= 4 is 50.5 Å². The first-order valence-corrected chi connectivity index (χ1v) is 9.37. The third-order valence-corrected chi connectivity index (χ3v) is 3.90. The van der Waals surface area contributed by atoms with Crippen molar-refractivity contribution in [2.75, 3.05) is 21.6 Å². The fourth-order valence-corrected chi connectivity index (χ4v) is 2.84. The Kier molecular flexibility index (Phi) is 5.66. The lowest BCUT2D eigenvalue weighted by Gasteiger charge is -2.10. The minimum atomic E-state index is -3.43. The van der Waals surface area contributed by atoms with Gasteiger partial charge in [0.25, 0.3) is 5.91 Å². The van der Waals surface area contributed by atoms with Crippen molar-refractivity contribution in [1.82, 2.24) is 0 Å². The highest BCUT2D eigenvalue weighted by Gasteiger charge is 2.12. The van der Waals surface area contributed by atoms with Crippen molar-refractivity contribution < 1.29 is 18.0 Å². The average molecular weight is 382 g/mol. The van der Waals surface area contributed by atoms with E-state index in [1.165, 1.54) is 25.1 Å². The van der Waals surface area contributed by atoms with E-state index in [1.54, 1.807) is 24.3 Å². The molecule has 0 saturated heterocycles. The molecule has 0 radical (unpaired) electrons. The molecule has 132 valence electrons. The number of hydrogen-bond donors (Lipinski definition) is 3. The Morgan fingerprint density at radius 2 is 1.44 bits per heavy atom. The van der Waals surface area contributed by atoms with Crippen molar-refractivity contribution in [2.45, 2.75) is 6.92 Å². The maximum atomic E-state index is 12.3. The second-order valence-electron chi connectivity index (χ2n) is 5.28. The number of amides is 2. The topological polar surface area (TPSA) is 104 Å². The Morgan fingerprint density at radius 1 is 0.920 bits per heavy atom. The van der Waals surface area contributed by atoms with Gasteiger partial charge in [-0.05, 0) is 42.5 Å². The van der Waals surface area contributed by atoms with Crippen LogP contribution in [0.4, 0.5) is 17.1 Å². The van der Waals surface area contributed by atoms with Crippen molar-refractivity contribution in [2.24, 2.45) is 0 Å². The van der Waals surface area contributed by atoms with Gasteiger partial charge in [0, 0.05) is 24.0 Å². The Morgan fingerprint density at radius 3 is 1.92 bits per heavy atom. The lowest BCUT2D eigenvalue weighted by atomic mass is 10.2. The molecule has 25 heavy (non-hydrogen) atoms. The number of halogens is 1. The van der Waals surface area contributed by atoms with Gasteiger partial charge in [-0.15, -0.1) is 0 Å². The molecule has 2 aromatic carbocycles. The third-order valence-electron chi connectivity index (χ3n) is 2.98. The van der Waals surface area contributed by atoms with Gasteiger partial charge in [0.1, 0.15) is 0 Å².